The van der Waals surface area contributed by atoms with E-state index in [0.29, 0.717) is 22.3 Å². The zero-order chi connectivity index (χ0) is 14.5. The minimum atomic E-state index is -0.448. The summed E-state index contributed by atoms with van der Waals surface area (Å²) in [6.45, 7) is 3.77. The molecule has 0 bridgehead atoms. The quantitative estimate of drug-likeness (QED) is 0.857. The van der Waals surface area contributed by atoms with E-state index in [-0.39, 0.29) is 11.8 Å². The van der Waals surface area contributed by atoms with E-state index in [2.05, 4.69) is 15.5 Å². The standard InChI is InChI=1S/C12H16N4O2S2/c1-3-4-8(2)11(18)16-7-19-5-9(16)10(17)14-12-15-13-6-20-12/h4,6,9H,3,5,7H2,1-2H3,(H,14,15,17)/b8-4-. The fourth-order valence-corrected chi connectivity index (χ4v) is 3.50. The summed E-state index contributed by atoms with van der Waals surface area (Å²) in [6.07, 6.45) is 2.69. The molecule has 20 heavy (non-hydrogen) atoms. The lowest BCUT2D eigenvalue weighted by atomic mass is 10.2. The predicted molar refractivity (Wildman–Crippen MR) is 80.5 cm³/mol. The molecule has 2 amide bonds. The van der Waals surface area contributed by atoms with Crippen LogP contribution < -0.4 is 5.32 Å². The number of thioether (sulfide) groups is 1. The zero-order valence-electron chi connectivity index (χ0n) is 11.3. The van der Waals surface area contributed by atoms with E-state index < -0.39 is 6.04 Å². The first-order chi connectivity index (χ1) is 9.63. The number of amides is 2. The van der Waals surface area contributed by atoms with Crippen molar-refractivity contribution in [3.05, 3.63) is 17.2 Å². The van der Waals surface area contributed by atoms with E-state index in [0.717, 1.165) is 6.42 Å². The van der Waals surface area contributed by atoms with Crippen LogP contribution in [0.3, 0.4) is 0 Å². The molecule has 0 aromatic carbocycles. The maximum absolute atomic E-state index is 12.3. The van der Waals surface area contributed by atoms with Crippen molar-refractivity contribution in [3.8, 4) is 0 Å². The average Bonchev–Trinajstić information content (AvgIpc) is 3.08. The van der Waals surface area contributed by atoms with Crippen molar-refractivity contribution in [2.45, 2.75) is 26.3 Å². The third-order valence-electron chi connectivity index (χ3n) is 2.88. The van der Waals surface area contributed by atoms with Crippen molar-refractivity contribution in [3.63, 3.8) is 0 Å². The van der Waals surface area contributed by atoms with Gasteiger partial charge in [-0.1, -0.05) is 24.3 Å². The number of hydrogen-bond acceptors (Lipinski definition) is 6. The van der Waals surface area contributed by atoms with E-state index in [9.17, 15) is 9.59 Å². The number of carbonyl (C=O) groups excluding carboxylic acids is 2. The first-order valence-corrected chi connectivity index (χ1v) is 8.29. The maximum atomic E-state index is 12.3. The Bertz CT molecular complexity index is 516. The van der Waals surface area contributed by atoms with Gasteiger partial charge in [-0.2, -0.15) is 0 Å². The molecule has 8 heteroatoms. The number of anilines is 1. The van der Waals surface area contributed by atoms with Crippen LogP contribution in [0.25, 0.3) is 0 Å². The van der Waals surface area contributed by atoms with E-state index >= 15 is 0 Å². The molecule has 6 nitrogen and oxygen atoms in total. The molecule has 1 aliphatic heterocycles. The van der Waals surface area contributed by atoms with Crippen LogP contribution in [0, 0.1) is 0 Å². The Morgan fingerprint density at radius 1 is 1.60 bits per heavy atom. The van der Waals surface area contributed by atoms with Gasteiger partial charge in [0.2, 0.25) is 11.0 Å². The van der Waals surface area contributed by atoms with Crippen LogP contribution in [-0.2, 0) is 9.59 Å². The number of nitrogens with zero attached hydrogens (tertiary/aromatic N) is 3. The molecule has 1 N–H and O–H groups in total. The summed E-state index contributed by atoms with van der Waals surface area (Å²) in [5.74, 6) is 0.871. The van der Waals surface area contributed by atoms with Crippen LogP contribution in [0.2, 0.25) is 0 Å². The van der Waals surface area contributed by atoms with Crippen molar-refractivity contribution in [1.82, 2.24) is 15.1 Å². The fraction of sp³-hybridized carbons (Fsp3) is 0.500. The molecule has 0 saturated carbocycles. The molecule has 0 spiro atoms. The molecule has 2 heterocycles. The Morgan fingerprint density at radius 3 is 3.05 bits per heavy atom. The summed E-state index contributed by atoms with van der Waals surface area (Å²) >= 11 is 2.84. The van der Waals surface area contributed by atoms with Crippen molar-refractivity contribution >= 4 is 40.0 Å². The van der Waals surface area contributed by atoms with Gasteiger partial charge in [-0.25, -0.2) is 0 Å². The lowest BCUT2D eigenvalue weighted by Gasteiger charge is -2.22. The lowest BCUT2D eigenvalue weighted by molar-refractivity contribution is -0.133. The molecular weight excluding hydrogens is 296 g/mol. The number of nitrogens with one attached hydrogen (secondary N) is 1. The predicted octanol–water partition coefficient (Wildman–Crippen LogP) is 1.73. The van der Waals surface area contributed by atoms with Gasteiger partial charge in [-0.3, -0.25) is 14.9 Å². The van der Waals surface area contributed by atoms with Crippen molar-refractivity contribution in [2.24, 2.45) is 0 Å². The van der Waals surface area contributed by atoms with Gasteiger partial charge in [0.1, 0.15) is 11.6 Å². The summed E-state index contributed by atoms with van der Waals surface area (Å²) in [5, 5.41) is 10.6. The smallest absolute Gasteiger partial charge is 0.250 e. The Kier molecular flexibility index (Phi) is 5.13. The first kappa shape index (κ1) is 15.0. The molecule has 1 aromatic rings. The number of rotatable bonds is 4. The Labute approximate surface area is 125 Å². The molecule has 1 atom stereocenters. The van der Waals surface area contributed by atoms with Crippen molar-refractivity contribution in [2.75, 3.05) is 16.9 Å². The molecule has 1 aromatic heterocycles. The van der Waals surface area contributed by atoms with Crippen LogP contribution in [0.5, 0.6) is 0 Å². The second-order valence-corrected chi connectivity index (χ2v) is 6.15. The van der Waals surface area contributed by atoms with Crippen LogP contribution >= 0.6 is 23.1 Å². The molecule has 0 radical (unpaired) electrons. The van der Waals surface area contributed by atoms with E-state index in [4.69, 9.17) is 0 Å². The van der Waals surface area contributed by atoms with Crippen LogP contribution in [0.4, 0.5) is 5.13 Å². The monoisotopic (exact) mass is 312 g/mol. The Hall–Kier alpha value is -1.41. The number of carbonyl (C=O) groups is 2. The summed E-state index contributed by atoms with van der Waals surface area (Å²) in [7, 11) is 0. The normalized spacial score (nSPS) is 19.2. The molecule has 1 aliphatic rings. The van der Waals surface area contributed by atoms with Gasteiger partial charge in [0.25, 0.3) is 5.91 Å². The largest absolute Gasteiger partial charge is 0.317 e. The molecular formula is C12H16N4O2S2. The number of aromatic nitrogens is 2. The average molecular weight is 312 g/mol. The third kappa shape index (κ3) is 3.37. The zero-order valence-corrected chi connectivity index (χ0v) is 13.0. The van der Waals surface area contributed by atoms with Crippen molar-refractivity contribution in [1.29, 1.82) is 0 Å². The van der Waals surface area contributed by atoms with Crippen LogP contribution in [0.1, 0.15) is 20.3 Å². The van der Waals surface area contributed by atoms with Gasteiger partial charge in [0.05, 0.1) is 5.88 Å². The number of allylic oxidation sites excluding steroid dienone is 1. The minimum absolute atomic E-state index is 0.0748. The van der Waals surface area contributed by atoms with Crippen LogP contribution in [-0.4, -0.2) is 44.6 Å². The third-order valence-corrected chi connectivity index (χ3v) is 4.50. The van der Waals surface area contributed by atoms with Gasteiger partial charge in [-0.05, 0) is 13.3 Å². The topological polar surface area (TPSA) is 75.2 Å². The highest BCUT2D eigenvalue weighted by molar-refractivity contribution is 7.99. The van der Waals surface area contributed by atoms with Gasteiger partial charge in [-0.15, -0.1) is 22.0 Å². The maximum Gasteiger partial charge on any atom is 0.250 e. The molecule has 108 valence electrons. The van der Waals surface area contributed by atoms with Gasteiger partial charge in [0, 0.05) is 11.3 Å². The van der Waals surface area contributed by atoms with Crippen molar-refractivity contribution < 1.29 is 9.59 Å². The summed E-state index contributed by atoms with van der Waals surface area (Å²) in [5.41, 5.74) is 2.24. The highest BCUT2D eigenvalue weighted by Gasteiger charge is 2.35. The molecule has 0 aliphatic carbocycles. The highest BCUT2D eigenvalue weighted by atomic mass is 32.2. The van der Waals surface area contributed by atoms with Gasteiger partial charge < -0.3 is 4.90 Å². The second-order valence-electron chi connectivity index (χ2n) is 4.32. The van der Waals surface area contributed by atoms with Gasteiger partial charge >= 0.3 is 0 Å². The SMILES string of the molecule is CC/C=C(/C)C(=O)N1CSCC1C(=O)Nc1nncs1. The molecule has 2 rings (SSSR count). The van der Waals surface area contributed by atoms with Crippen LogP contribution in [0.15, 0.2) is 17.2 Å². The Balaban J connectivity index is 2.05. The van der Waals surface area contributed by atoms with E-state index in [1.807, 2.05) is 13.0 Å². The summed E-state index contributed by atoms with van der Waals surface area (Å²) in [6, 6.07) is -0.448. The lowest BCUT2D eigenvalue weighted by Crippen LogP contribution is -2.44. The molecule has 1 fully saturated rings. The fourth-order valence-electron chi connectivity index (χ4n) is 1.90. The minimum Gasteiger partial charge on any atom is -0.317 e. The highest BCUT2D eigenvalue weighted by Crippen LogP contribution is 2.24. The molecule has 1 saturated heterocycles. The Morgan fingerprint density at radius 2 is 2.40 bits per heavy atom. The molecule has 1 unspecified atom stereocenters. The summed E-state index contributed by atoms with van der Waals surface area (Å²) in [4.78, 5) is 26.1. The second kappa shape index (κ2) is 6.85. The summed E-state index contributed by atoms with van der Waals surface area (Å²) < 4.78 is 0. The van der Waals surface area contributed by atoms with E-state index in [1.165, 1.54) is 11.3 Å². The van der Waals surface area contributed by atoms with E-state index in [1.54, 1.807) is 29.1 Å². The first-order valence-electron chi connectivity index (χ1n) is 6.26. The van der Waals surface area contributed by atoms with Gasteiger partial charge in [0.15, 0.2) is 0 Å². The number of hydrogen-bond donors (Lipinski definition) is 1.